The molecule has 0 spiro atoms. The summed E-state index contributed by atoms with van der Waals surface area (Å²) in [6, 6.07) is 15.7. The minimum absolute atomic E-state index is 0.558. The highest BCUT2D eigenvalue weighted by atomic mass is 32.2. The van der Waals surface area contributed by atoms with Crippen LogP contribution in [-0.4, -0.2) is 48.2 Å². The second kappa shape index (κ2) is 6.75. The number of benzene rings is 2. The second-order valence-corrected chi connectivity index (χ2v) is 7.31. The maximum atomic E-state index is 5.77. The normalized spacial score (nSPS) is 11.6. The van der Waals surface area contributed by atoms with Crippen LogP contribution in [0.2, 0.25) is 0 Å². The zero-order chi connectivity index (χ0) is 19.1. The minimum atomic E-state index is 0.558. The Balaban J connectivity index is 1.34. The van der Waals surface area contributed by atoms with Crippen molar-refractivity contribution in [3.63, 3.8) is 0 Å². The molecule has 0 aliphatic carbocycles. The fourth-order valence-corrected chi connectivity index (χ4v) is 3.93. The summed E-state index contributed by atoms with van der Waals surface area (Å²) in [5, 5.41) is 14.1. The SMILES string of the molecule is COc1ccc(OCCSc2nnc3n2nc2n(C)c4ccccc4n23)cc1. The molecule has 0 saturated carbocycles. The van der Waals surface area contributed by atoms with Gasteiger partial charge in [-0.1, -0.05) is 23.9 Å². The third-order valence-corrected chi connectivity index (χ3v) is 5.50. The van der Waals surface area contributed by atoms with E-state index in [2.05, 4.69) is 26.9 Å². The van der Waals surface area contributed by atoms with E-state index in [-0.39, 0.29) is 0 Å². The van der Waals surface area contributed by atoms with Crippen molar-refractivity contribution in [3.8, 4) is 11.5 Å². The lowest BCUT2D eigenvalue weighted by Gasteiger charge is -2.06. The van der Waals surface area contributed by atoms with Gasteiger partial charge in [0.25, 0.3) is 5.78 Å². The molecule has 0 N–H and O–H groups in total. The first-order chi connectivity index (χ1) is 13.8. The van der Waals surface area contributed by atoms with Gasteiger partial charge in [0.1, 0.15) is 11.5 Å². The van der Waals surface area contributed by atoms with E-state index in [4.69, 9.17) is 14.6 Å². The fourth-order valence-electron chi connectivity index (χ4n) is 3.24. The molecule has 0 radical (unpaired) electrons. The van der Waals surface area contributed by atoms with E-state index in [1.165, 1.54) is 0 Å². The molecule has 9 heteroatoms. The van der Waals surface area contributed by atoms with E-state index >= 15 is 0 Å². The Labute approximate surface area is 164 Å². The van der Waals surface area contributed by atoms with Crippen LogP contribution < -0.4 is 9.47 Å². The molecule has 0 unspecified atom stereocenters. The summed E-state index contributed by atoms with van der Waals surface area (Å²) in [5.74, 6) is 3.91. The fraction of sp³-hybridized carbons (Fsp3) is 0.211. The third-order valence-electron chi connectivity index (χ3n) is 4.61. The molecule has 8 nitrogen and oxygen atoms in total. The number of rotatable bonds is 6. The van der Waals surface area contributed by atoms with Gasteiger partial charge in [-0.2, -0.15) is 4.52 Å². The van der Waals surface area contributed by atoms with E-state index in [9.17, 15) is 0 Å². The van der Waals surface area contributed by atoms with Crippen LogP contribution in [0.25, 0.3) is 22.6 Å². The van der Waals surface area contributed by atoms with Gasteiger partial charge in [-0.25, -0.2) is 4.40 Å². The van der Waals surface area contributed by atoms with Crippen LogP contribution in [0.4, 0.5) is 0 Å². The summed E-state index contributed by atoms with van der Waals surface area (Å²) in [6.07, 6.45) is 0. The zero-order valence-electron chi connectivity index (χ0n) is 15.4. The van der Waals surface area contributed by atoms with Gasteiger partial charge in [-0.3, -0.25) is 0 Å². The Bertz CT molecular complexity index is 1270. The molecule has 3 heterocycles. The van der Waals surface area contributed by atoms with E-state index in [1.807, 2.05) is 47.8 Å². The predicted molar refractivity (Wildman–Crippen MR) is 107 cm³/mol. The van der Waals surface area contributed by atoms with Gasteiger partial charge >= 0.3 is 0 Å². The number of aromatic nitrogens is 6. The molecular weight excluding hydrogens is 376 g/mol. The highest BCUT2D eigenvalue weighted by Gasteiger charge is 2.18. The molecule has 3 aromatic heterocycles. The smallest absolute Gasteiger partial charge is 0.260 e. The lowest BCUT2D eigenvalue weighted by atomic mass is 10.3. The Morgan fingerprint density at radius 3 is 2.46 bits per heavy atom. The Morgan fingerprint density at radius 1 is 0.929 bits per heavy atom. The molecule has 0 bridgehead atoms. The number of methoxy groups -OCH3 is 1. The quantitative estimate of drug-likeness (QED) is 0.326. The lowest BCUT2D eigenvalue weighted by Crippen LogP contribution is -2.01. The number of imidazole rings is 1. The van der Waals surface area contributed by atoms with Gasteiger partial charge in [0.05, 0.1) is 24.8 Å². The monoisotopic (exact) mass is 394 g/mol. The zero-order valence-corrected chi connectivity index (χ0v) is 16.3. The molecule has 0 amide bonds. The average molecular weight is 394 g/mol. The van der Waals surface area contributed by atoms with Gasteiger partial charge in [0, 0.05) is 12.8 Å². The number of nitrogens with zero attached hydrogens (tertiary/aromatic N) is 6. The maximum Gasteiger partial charge on any atom is 0.260 e. The summed E-state index contributed by atoms with van der Waals surface area (Å²) < 4.78 is 16.8. The topological polar surface area (TPSA) is 70.9 Å². The number of para-hydroxylation sites is 2. The summed E-state index contributed by atoms with van der Waals surface area (Å²) in [7, 11) is 3.65. The van der Waals surface area contributed by atoms with Crippen LogP contribution >= 0.6 is 11.8 Å². The summed E-state index contributed by atoms with van der Waals surface area (Å²) >= 11 is 1.57. The minimum Gasteiger partial charge on any atom is -0.497 e. The van der Waals surface area contributed by atoms with Crippen LogP contribution in [0.1, 0.15) is 0 Å². The average Bonchev–Trinajstić information content (AvgIpc) is 3.37. The van der Waals surface area contributed by atoms with Crippen LogP contribution in [0, 0.1) is 0 Å². The van der Waals surface area contributed by atoms with Crippen LogP contribution in [0.3, 0.4) is 0 Å². The van der Waals surface area contributed by atoms with Crippen LogP contribution in [0.5, 0.6) is 11.5 Å². The molecule has 5 rings (SSSR count). The highest BCUT2D eigenvalue weighted by Crippen LogP contribution is 2.24. The van der Waals surface area contributed by atoms with Crippen molar-refractivity contribution in [2.24, 2.45) is 7.05 Å². The van der Waals surface area contributed by atoms with E-state index in [1.54, 1.807) is 23.4 Å². The van der Waals surface area contributed by atoms with Crippen molar-refractivity contribution in [2.45, 2.75) is 5.16 Å². The maximum absolute atomic E-state index is 5.77. The molecule has 0 aliphatic rings. The van der Waals surface area contributed by atoms with Crippen molar-refractivity contribution >= 4 is 34.4 Å². The molecule has 2 aromatic carbocycles. The standard InChI is InChI=1S/C19H18N6O2S/c1-23-15-5-3-4-6-16(15)24-17-20-21-19(25(17)22-18(23)24)28-12-11-27-14-9-7-13(26-2)8-10-14/h3-10H,11-12H2,1-2H3. The molecule has 5 aromatic rings. The largest absolute Gasteiger partial charge is 0.497 e. The molecule has 28 heavy (non-hydrogen) atoms. The summed E-state index contributed by atoms with van der Waals surface area (Å²) in [5.41, 5.74) is 2.17. The lowest BCUT2D eigenvalue weighted by molar-refractivity contribution is 0.342. The molecular formula is C19H18N6O2S. The Kier molecular flexibility index (Phi) is 4.09. The summed E-state index contributed by atoms with van der Waals surface area (Å²) in [4.78, 5) is 0. The van der Waals surface area contributed by atoms with E-state index in [0.29, 0.717) is 12.4 Å². The molecule has 142 valence electrons. The number of hydrogen-bond acceptors (Lipinski definition) is 6. The van der Waals surface area contributed by atoms with Crippen molar-refractivity contribution in [2.75, 3.05) is 19.5 Å². The third kappa shape index (κ3) is 2.66. The van der Waals surface area contributed by atoms with E-state index in [0.717, 1.165) is 39.2 Å². The number of ether oxygens (including phenoxy) is 2. The van der Waals surface area contributed by atoms with Gasteiger partial charge in [-0.15, -0.1) is 15.3 Å². The Morgan fingerprint density at radius 2 is 1.68 bits per heavy atom. The van der Waals surface area contributed by atoms with Gasteiger partial charge in [-0.05, 0) is 36.4 Å². The molecule has 0 saturated heterocycles. The van der Waals surface area contributed by atoms with Crippen molar-refractivity contribution in [1.82, 2.24) is 28.8 Å². The molecule has 0 atom stereocenters. The first-order valence-corrected chi connectivity index (χ1v) is 9.82. The van der Waals surface area contributed by atoms with Crippen LogP contribution in [-0.2, 0) is 7.05 Å². The van der Waals surface area contributed by atoms with Crippen molar-refractivity contribution < 1.29 is 9.47 Å². The van der Waals surface area contributed by atoms with E-state index < -0.39 is 0 Å². The predicted octanol–water partition coefficient (Wildman–Crippen LogP) is 3.05. The van der Waals surface area contributed by atoms with Crippen molar-refractivity contribution in [3.05, 3.63) is 48.5 Å². The number of thioether (sulfide) groups is 1. The summed E-state index contributed by atoms with van der Waals surface area (Å²) in [6.45, 7) is 0.558. The number of fused-ring (bicyclic) bond motifs is 5. The Hall–Kier alpha value is -3.20. The molecule has 0 aliphatic heterocycles. The second-order valence-electron chi connectivity index (χ2n) is 6.25. The number of aryl methyl sites for hydroxylation is 1. The van der Waals surface area contributed by atoms with Gasteiger partial charge < -0.3 is 14.0 Å². The highest BCUT2D eigenvalue weighted by molar-refractivity contribution is 7.99. The van der Waals surface area contributed by atoms with Crippen LogP contribution in [0.15, 0.2) is 53.7 Å². The van der Waals surface area contributed by atoms with Crippen molar-refractivity contribution in [1.29, 1.82) is 0 Å². The van der Waals surface area contributed by atoms with Gasteiger partial charge in [0.2, 0.25) is 10.9 Å². The first kappa shape index (κ1) is 16.9. The number of hydrogen-bond donors (Lipinski definition) is 0. The van der Waals surface area contributed by atoms with Gasteiger partial charge in [0.15, 0.2) is 0 Å². The first-order valence-electron chi connectivity index (χ1n) is 8.83. The molecule has 0 fully saturated rings.